The van der Waals surface area contributed by atoms with Crippen LogP contribution in [-0.4, -0.2) is 43.8 Å². The van der Waals surface area contributed by atoms with Crippen molar-refractivity contribution >= 4 is 0 Å². The minimum atomic E-state index is 0.511. The summed E-state index contributed by atoms with van der Waals surface area (Å²) in [6.45, 7) is 5.12. The van der Waals surface area contributed by atoms with Gasteiger partial charge in [-0.25, -0.2) is 0 Å². The lowest BCUT2D eigenvalue weighted by Gasteiger charge is -2.40. The third-order valence-corrected chi connectivity index (χ3v) is 3.84. The molecular formula is C14H20N2O. The lowest BCUT2D eigenvalue weighted by Crippen LogP contribution is -2.50. The van der Waals surface area contributed by atoms with Crippen molar-refractivity contribution in [2.75, 3.05) is 32.8 Å². The highest BCUT2D eigenvalue weighted by atomic mass is 16.5. The number of hydrogen-bond donors (Lipinski definition) is 1. The van der Waals surface area contributed by atoms with Crippen LogP contribution < -0.4 is 5.32 Å². The molecule has 2 unspecified atom stereocenters. The Labute approximate surface area is 103 Å². The fourth-order valence-electron chi connectivity index (χ4n) is 2.93. The van der Waals surface area contributed by atoms with Crippen LogP contribution in [0, 0.1) is 0 Å². The molecule has 2 aliphatic heterocycles. The summed E-state index contributed by atoms with van der Waals surface area (Å²) >= 11 is 0. The van der Waals surface area contributed by atoms with Crippen molar-refractivity contribution in [3.05, 3.63) is 35.9 Å². The number of rotatable bonds is 2. The van der Waals surface area contributed by atoms with Crippen molar-refractivity contribution in [1.29, 1.82) is 0 Å². The zero-order chi connectivity index (χ0) is 11.5. The van der Waals surface area contributed by atoms with Gasteiger partial charge in [0.2, 0.25) is 0 Å². The van der Waals surface area contributed by atoms with Crippen LogP contribution in [0.3, 0.4) is 0 Å². The van der Waals surface area contributed by atoms with Crippen molar-refractivity contribution in [3.8, 4) is 0 Å². The zero-order valence-electron chi connectivity index (χ0n) is 10.1. The zero-order valence-corrected chi connectivity index (χ0v) is 10.1. The van der Waals surface area contributed by atoms with E-state index in [0.29, 0.717) is 12.1 Å². The predicted octanol–water partition coefficient (Wildman–Crippen LogP) is 1.42. The standard InChI is InChI=1S/C14H20N2O/c1-2-4-12(5-3-1)14-10-15-7-8-16(14)13-6-9-17-11-13/h1-5,13-15H,6-11H2. The SMILES string of the molecule is c1ccc(C2CNCCN2C2CCOC2)cc1. The third kappa shape index (κ3) is 2.37. The van der Waals surface area contributed by atoms with Gasteiger partial charge in [-0.15, -0.1) is 0 Å². The molecule has 2 saturated heterocycles. The van der Waals surface area contributed by atoms with Gasteiger partial charge in [0.25, 0.3) is 0 Å². The normalized spacial score (nSPS) is 30.6. The summed E-state index contributed by atoms with van der Waals surface area (Å²) in [6, 6.07) is 11.9. The van der Waals surface area contributed by atoms with E-state index in [2.05, 4.69) is 40.5 Å². The average Bonchev–Trinajstić information content (AvgIpc) is 2.94. The highest BCUT2D eigenvalue weighted by Crippen LogP contribution is 2.27. The molecule has 0 radical (unpaired) electrons. The first-order chi connectivity index (χ1) is 8.45. The number of nitrogens with one attached hydrogen (secondary N) is 1. The first-order valence-electron chi connectivity index (χ1n) is 6.54. The maximum atomic E-state index is 5.53. The summed E-state index contributed by atoms with van der Waals surface area (Å²) in [5.41, 5.74) is 1.42. The minimum absolute atomic E-state index is 0.511. The van der Waals surface area contributed by atoms with Crippen LogP contribution >= 0.6 is 0 Å². The van der Waals surface area contributed by atoms with E-state index < -0.39 is 0 Å². The lowest BCUT2D eigenvalue weighted by molar-refractivity contribution is 0.0890. The predicted molar refractivity (Wildman–Crippen MR) is 68.0 cm³/mol. The van der Waals surface area contributed by atoms with Crippen molar-refractivity contribution in [1.82, 2.24) is 10.2 Å². The Balaban J connectivity index is 1.80. The fourth-order valence-corrected chi connectivity index (χ4v) is 2.93. The molecule has 0 bridgehead atoms. The molecule has 0 amide bonds. The molecule has 1 aromatic rings. The van der Waals surface area contributed by atoms with Crippen LogP contribution in [-0.2, 0) is 4.74 Å². The van der Waals surface area contributed by atoms with Gasteiger partial charge in [0.15, 0.2) is 0 Å². The summed E-state index contributed by atoms with van der Waals surface area (Å²) in [4.78, 5) is 2.62. The topological polar surface area (TPSA) is 24.5 Å². The molecule has 1 aromatic carbocycles. The van der Waals surface area contributed by atoms with Gasteiger partial charge >= 0.3 is 0 Å². The minimum Gasteiger partial charge on any atom is -0.380 e. The number of hydrogen-bond acceptors (Lipinski definition) is 3. The maximum absolute atomic E-state index is 5.53. The Morgan fingerprint density at radius 1 is 1.24 bits per heavy atom. The number of ether oxygens (including phenoxy) is 1. The summed E-state index contributed by atoms with van der Waals surface area (Å²) in [6.07, 6.45) is 1.18. The average molecular weight is 232 g/mol. The van der Waals surface area contributed by atoms with E-state index >= 15 is 0 Å². The van der Waals surface area contributed by atoms with Crippen molar-refractivity contribution < 1.29 is 4.74 Å². The molecule has 3 rings (SSSR count). The Kier molecular flexibility index (Phi) is 3.41. The van der Waals surface area contributed by atoms with E-state index in [1.54, 1.807) is 0 Å². The molecule has 2 atom stereocenters. The molecule has 2 fully saturated rings. The van der Waals surface area contributed by atoms with E-state index in [1.165, 1.54) is 12.0 Å². The highest BCUT2D eigenvalue weighted by molar-refractivity contribution is 5.20. The summed E-state index contributed by atoms with van der Waals surface area (Å²) in [5, 5.41) is 3.50. The van der Waals surface area contributed by atoms with E-state index in [1.807, 2.05) is 0 Å². The quantitative estimate of drug-likeness (QED) is 0.834. The second-order valence-corrected chi connectivity index (χ2v) is 4.89. The smallest absolute Gasteiger partial charge is 0.0622 e. The van der Waals surface area contributed by atoms with Crippen LogP contribution in [0.4, 0.5) is 0 Å². The van der Waals surface area contributed by atoms with Crippen molar-refractivity contribution in [2.45, 2.75) is 18.5 Å². The number of nitrogens with zero attached hydrogens (tertiary/aromatic N) is 1. The van der Waals surface area contributed by atoms with Crippen LogP contribution in [0.2, 0.25) is 0 Å². The molecule has 3 nitrogen and oxygen atoms in total. The molecule has 0 saturated carbocycles. The van der Waals surface area contributed by atoms with Crippen LogP contribution in [0.1, 0.15) is 18.0 Å². The number of piperazine rings is 1. The molecule has 0 spiro atoms. The molecule has 92 valence electrons. The highest BCUT2D eigenvalue weighted by Gasteiger charge is 2.31. The molecular weight excluding hydrogens is 212 g/mol. The van der Waals surface area contributed by atoms with Gasteiger partial charge in [-0.2, -0.15) is 0 Å². The van der Waals surface area contributed by atoms with Gasteiger partial charge in [-0.05, 0) is 12.0 Å². The van der Waals surface area contributed by atoms with Crippen molar-refractivity contribution in [3.63, 3.8) is 0 Å². The van der Waals surface area contributed by atoms with Gasteiger partial charge < -0.3 is 10.1 Å². The van der Waals surface area contributed by atoms with Crippen LogP contribution in [0.15, 0.2) is 30.3 Å². The summed E-state index contributed by atoms with van der Waals surface area (Å²) < 4.78 is 5.53. The number of benzene rings is 1. The Morgan fingerprint density at radius 2 is 2.12 bits per heavy atom. The Morgan fingerprint density at radius 3 is 2.88 bits per heavy atom. The van der Waals surface area contributed by atoms with E-state index in [9.17, 15) is 0 Å². The van der Waals surface area contributed by atoms with E-state index in [-0.39, 0.29) is 0 Å². The fraction of sp³-hybridized carbons (Fsp3) is 0.571. The summed E-state index contributed by atoms with van der Waals surface area (Å²) in [7, 11) is 0. The molecule has 2 aliphatic rings. The second kappa shape index (κ2) is 5.17. The second-order valence-electron chi connectivity index (χ2n) is 4.89. The van der Waals surface area contributed by atoms with Crippen molar-refractivity contribution in [2.24, 2.45) is 0 Å². The van der Waals surface area contributed by atoms with E-state index in [0.717, 1.165) is 32.8 Å². The first kappa shape index (κ1) is 11.2. The Hall–Kier alpha value is -0.900. The van der Waals surface area contributed by atoms with Crippen LogP contribution in [0.25, 0.3) is 0 Å². The summed E-state index contributed by atoms with van der Waals surface area (Å²) in [5.74, 6) is 0. The first-order valence-corrected chi connectivity index (χ1v) is 6.54. The van der Waals surface area contributed by atoms with E-state index in [4.69, 9.17) is 4.74 Å². The van der Waals surface area contributed by atoms with Gasteiger partial charge in [-0.3, -0.25) is 4.90 Å². The van der Waals surface area contributed by atoms with Gasteiger partial charge in [0, 0.05) is 38.3 Å². The van der Waals surface area contributed by atoms with Crippen LogP contribution in [0.5, 0.6) is 0 Å². The molecule has 2 heterocycles. The monoisotopic (exact) mass is 232 g/mol. The Bertz CT molecular complexity index is 348. The molecule has 1 N–H and O–H groups in total. The van der Waals surface area contributed by atoms with Gasteiger partial charge in [0.1, 0.15) is 0 Å². The third-order valence-electron chi connectivity index (χ3n) is 3.84. The molecule has 0 aliphatic carbocycles. The molecule has 0 aromatic heterocycles. The maximum Gasteiger partial charge on any atom is 0.0622 e. The van der Waals surface area contributed by atoms with Gasteiger partial charge in [-0.1, -0.05) is 30.3 Å². The largest absolute Gasteiger partial charge is 0.380 e. The van der Waals surface area contributed by atoms with Gasteiger partial charge in [0.05, 0.1) is 6.61 Å². The molecule has 3 heteroatoms. The molecule has 17 heavy (non-hydrogen) atoms. The lowest BCUT2D eigenvalue weighted by atomic mass is 10.0.